The Kier molecular flexibility index (Phi) is 4.94. The second-order valence-corrected chi connectivity index (χ2v) is 8.15. The number of carbonyl (C=O) groups is 1. The van der Waals surface area contributed by atoms with Crippen LogP contribution in [0.3, 0.4) is 0 Å². The van der Waals surface area contributed by atoms with Crippen molar-refractivity contribution in [2.45, 2.75) is 51.7 Å². The normalized spacial score (nSPS) is 15.7. The van der Waals surface area contributed by atoms with E-state index in [0.29, 0.717) is 0 Å². The van der Waals surface area contributed by atoms with Crippen molar-refractivity contribution in [3.63, 3.8) is 0 Å². The molecule has 0 spiro atoms. The van der Waals surface area contributed by atoms with E-state index in [1.54, 1.807) is 13.8 Å². The van der Waals surface area contributed by atoms with Crippen LogP contribution in [0.15, 0.2) is 0 Å². The van der Waals surface area contributed by atoms with Gasteiger partial charge in [0.1, 0.15) is 6.04 Å². The summed E-state index contributed by atoms with van der Waals surface area (Å²) in [5.41, 5.74) is 4.88. The smallest absolute Gasteiger partial charge is 0.331 e. The molecule has 0 aromatic heterocycles. The van der Waals surface area contributed by atoms with Crippen LogP contribution >= 0.6 is 7.60 Å². The van der Waals surface area contributed by atoms with E-state index < -0.39 is 30.2 Å². The van der Waals surface area contributed by atoms with E-state index in [-0.39, 0.29) is 12.8 Å². The van der Waals surface area contributed by atoms with Crippen LogP contribution in [0.4, 0.5) is 0 Å². The van der Waals surface area contributed by atoms with Crippen LogP contribution in [0, 0.1) is 5.41 Å². The van der Waals surface area contributed by atoms with Crippen LogP contribution in [-0.4, -0.2) is 32.1 Å². The van der Waals surface area contributed by atoms with Crippen molar-refractivity contribution in [1.82, 2.24) is 0 Å². The fourth-order valence-corrected chi connectivity index (χ4v) is 2.66. The molecule has 7 heteroatoms. The zero-order chi connectivity index (χ0) is 14.1. The molecule has 0 fully saturated rings. The maximum atomic E-state index is 11.3. The van der Waals surface area contributed by atoms with Gasteiger partial charge in [-0.15, -0.1) is 0 Å². The van der Waals surface area contributed by atoms with Crippen LogP contribution in [0.25, 0.3) is 0 Å². The molecule has 0 aromatic carbocycles. The number of carboxylic acid groups (broad SMARTS) is 1. The van der Waals surface area contributed by atoms with Gasteiger partial charge in [-0.2, -0.15) is 0 Å². The predicted octanol–water partition coefficient (Wildman–Crippen LogP) is 1.16. The van der Waals surface area contributed by atoms with Crippen molar-refractivity contribution in [2.24, 2.45) is 11.1 Å². The summed E-state index contributed by atoms with van der Waals surface area (Å²) >= 11 is 0. The van der Waals surface area contributed by atoms with Crippen molar-refractivity contribution in [2.75, 3.05) is 0 Å². The van der Waals surface area contributed by atoms with Gasteiger partial charge in [0, 0.05) is 0 Å². The van der Waals surface area contributed by atoms with E-state index in [4.69, 9.17) is 10.8 Å². The summed E-state index contributed by atoms with van der Waals surface area (Å²) in [6.45, 7) is 6.46. The quantitative estimate of drug-likeness (QED) is 0.536. The zero-order valence-corrected chi connectivity index (χ0v) is 11.6. The first-order valence-electron chi connectivity index (χ1n) is 5.32. The Morgan fingerprint density at radius 1 is 1.29 bits per heavy atom. The van der Waals surface area contributed by atoms with Crippen LogP contribution in [0.5, 0.6) is 0 Å². The standard InChI is InChI=1S/C10H22NO5P/c1-9(2,5-7(11)8(12)13)6-10(3,4)17(14,15)16/h7H,5-6,11H2,1-4H3,(H,12,13)(H2,14,15,16)/t7-/m0/s1. The summed E-state index contributed by atoms with van der Waals surface area (Å²) in [7, 11) is -4.22. The third kappa shape index (κ3) is 5.17. The Hall–Kier alpha value is -0.420. The maximum Gasteiger partial charge on any atom is 0.331 e. The number of rotatable bonds is 6. The number of hydrogen-bond acceptors (Lipinski definition) is 3. The Labute approximate surface area is 101 Å². The molecule has 1 atom stereocenters. The average molecular weight is 267 g/mol. The fraction of sp³-hybridized carbons (Fsp3) is 0.900. The SMILES string of the molecule is CC(C)(C[C@H](N)C(=O)O)CC(C)(C)P(=O)(O)O. The van der Waals surface area contributed by atoms with Crippen LogP contribution in [0.2, 0.25) is 0 Å². The Balaban J connectivity index is 4.77. The number of hydrogen-bond donors (Lipinski definition) is 4. The molecule has 0 aliphatic carbocycles. The lowest BCUT2D eigenvalue weighted by molar-refractivity contribution is -0.139. The van der Waals surface area contributed by atoms with Gasteiger partial charge in [0.05, 0.1) is 5.16 Å². The highest BCUT2D eigenvalue weighted by Gasteiger charge is 2.42. The molecular weight excluding hydrogens is 245 g/mol. The summed E-state index contributed by atoms with van der Waals surface area (Å²) in [6, 6.07) is -1.02. The topological polar surface area (TPSA) is 121 Å². The molecule has 0 radical (unpaired) electrons. The van der Waals surface area contributed by atoms with Crippen molar-refractivity contribution in [1.29, 1.82) is 0 Å². The second-order valence-electron chi connectivity index (χ2n) is 5.85. The van der Waals surface area contributed by atoms with Gasteiger partial charge in [-0.1, -0.05) is 13.8 Å². The summed E-state index contributed by atoms with van der Waals surface area (Å²) < 4.78 is 11.3. The highest BCUT2D eigenvalue weighted by Crippen LogP contribution is 2.55. The molecule has 0 heterocycles. The molecule has 6 nitrogen and oxygen atoms in total. The van der Waals surface area contributed by atoms with Crippen molar-refractivity contribution in [3.8, 4) is 0 Å². The van der Waals surface area contributed by atoms with Gasteiger partial charge in [0.15, 0.2) is 0 Å². The van der Waals surface area contributed by atoms with E-state index >= 15 is 0 Å². The molecule has 0 amide bonds. The third-order valence-corrected chi connectivity index (χ3v) is 4.52. The highest BCUT2D eigenvalue weighted by molar-refractivity contribution is 7.53. The van der Waals surface area contributed by atoms with E-state index in [1.807, 2.05) is 0 Å². The number of nitrogens with two attached hydrogens (primary N) is 1. The summed E-state index contributed by atoms with van der Waals surface area (Å²) in [5, 5.41) is 7.54. The van der Waals surface area contributed by atoms with Gasteiger partial charge in [0.2, 0.25) is 0 Å². The molecule has 0 aliphatic rings. The van der Waals surface area contributed by atoms with Gasteiger partial charge in [-0.3, -0.25) is 9.36 Å². The highest BCUT2D eigenvalue weighted by atomic mass is 31.2. The molecule has 0 aromatic rings. The maximum absolute atomic E-state index is 11.3. The fourth-order valence-electron chi connectivity index (χ4n) is 2.03. The Morgan fingerprint density at radius 2 is 1.71 bits per heavy atom. The van der Waals surface area contributed by atoms with E-state index in [1.165, 1.54) is 13.8 Å². The molecule has 0 rings (SSSR count). The molecule has 17 heavy (non-hydrogen) atoms. The first kappa shape index (κ1) is 16.6. The zero-order valence-electron chi connectivity index (χ0n) is 10.7. The Morgan fingerprint density at radius 3 is 2.00 bits per heavy atom. The first-order chi connectivity index (χ1) is 7.28. The molecular formula is C10H22NO5P. The summed E-state index contributed by atoms with van der Waals surface area (Å²) in [4.78, 5) is 29.1. The van der Waals surface area contributed by atoms with Crippen molar-refractivity contribution in [3.05, 3.63) is 0 Å². The van der Waals surface area contributed by atoms with E-state index in [0.717, 1.165) is 0 Å². The third-order valence-electron chi connectivity index (χ3n) is 2.79. The van der Waals surface area contributed by atoms with Crippen LogP contribution in [0.1, 0.15) is 40.5 Å². The Bertz CT molecular complexity index is 334. The van der Waals surface area contributed by atoms with E-state index in [9.17, 15) is 19.1 Å². The summed E-state index contributed by atoms with van der Waals surface area (Å²) in [6.07, 6.45) is 0.372. The van der Waals surface area contributed by atoms with Crippen molar-refractivity contribution >= 4 is 13.6 Å². The van der Waals surface area contributed by atoms with Gasteiger partial charge < -0.3 is 20.6 Å². The van der Waals surface area contributed by atoms with Crippen LogP contribution < -0.4 is 5.73 Å². The van der Waals surface area contributed by atoms with Gasteiger partial charge >= 0.3 is 13.6 Å². The minimum atomic E-state index is -4.22. The van der Waals surface area contributed by atoms with E-state index in [2.05, 4.69) is 0 Å². The largest absolute Gasteiger partial charge is 0.480 e. The molecule has 102 valence electrons. The average Bonchev–Trinajstić information content (AvgIpc) is 1.97. The van der Waals surface area contributed by atoms with Crippen LogP contribution in [-0.2, 0) is 9.36 Å². The number of carboxylic acids is 1. The molecule has 0 saturated carbocycles. The van der Waals surface area contributed by atoms with Crippen molar-refractivity contribution < 1.29 is 24.3 Å². The lowest BCUT2D eigenvalue weighted by Gasteiger charge is -2.36. The minimum absolute atomic E-state index is 0.172. The minimum Gasteiger partial charge on any atom is -0.480 e. The number of aliphatic carboxylic acids is 1. The molecule has 0 bridgehead atoms. The molecule has 0 unspecified atom stereocenters. The lowest BCUT2D eigenvalue weighted by Crippen LogP contribution is -2.38. The molecule has 5 N–H and O–H groups in total. The predicted molar refractivity (Wildman–Crippen MR) is 64.7 cm³/mol. The summed E-state index contributed by atoms with van der Waals surface area (Å²) in [5.74, 6) is -1.10. The second kappa shape index (κ2) is 5.06. The first-order valence-corrected chi connectivity index (χ1v) is 6.94. The molecule has 0 saturated heterocycles. The van der Waals surface area contributed by atoms with Gasteiger partial charge in [0.25, 0.3) is 0 Å². The monoisotopic (exact) mass is 267 g/mol. The van der Waals surface area contributed by atoms with Gasteiger partial charge in [-0.05, 0) is 32.1 Å². The molecule has 0 aliphatic heterocycles. The van der Waals surface area contributed by atoms with Gasteiger partial charge in [-0.25, -0.2) is 0 Å². The lowest BCUT2D eigenvalue weighted by atomic mass is 9.78.